The Labute approximate surface area is 128 Å². The van der Waals surface area contributed by atoms with Gasteiger partial charge in [0.25, 0.3) is 0 Å². The Kier molecular flexibility index (Phi) is 4.96. The lowest BCUT2D eigenvalue weighted by atomic mass is 10.1. The van der Waals surface area contributed by atoms with E-state index in [-0.39, 0.29) is 11.5 Å². The van der Waals surface area contributed by atoms with Crippen LogP contribution in [0, 0.1) is 6.92 Å². The summed E-state index contributed by atoms with van der Waals surface area (Å²) in [7, 11) is 0. The summed E-state index contributed by atoms with van der Waals surface area (Å²) < 4.78 is 0. The van der Waals surface area contributed by atoms with Gasteiger partial charge in [-0.2, -0.15) is 0 Å². The second-order valence-electron chi connectivity index (χ2n) is 5.10. The van der Waals surface area contributed by atoms with Gasteiger partial charge < -0.3 is 5.11 Å². The number of carboxylic acids is 1. The summed E-state index contributed by atoms with van der Waals surface area (Å²) in [5.41, 5.74) is 2.00. The maximum Gasteiger partial charge on any atom is 0.339 e. The average Bonchev–Trinajstić information content (AvgIpc) is 2.46. The van der Waals surface area contributed by atoms with Gasteiger partial charge in [0, 0.05) is 11.1 Å². The number of nitrogens with zero attached hydrogens (tertiary/aromatic N) is 2. The Hall–Kier alpha value is -1.88. The first-order valence-corrected chi connectivity index (χ1v) is 7.75. The molecule has 0 aliphatic rings. The first kappa shape index (κ1) is 15.5. The van der Waals surface area contributed by atoms with Crippen molar-refractivity contribution in [2.75, 3.05) is 0 Å². The molecule has 0 amide bonds. The summed E-state index contributed by atoms with van der Waals surface area (Å²) in [5, 5.41) is 9.16. The topological polar surface area (TPSA) is 63.1 Å². The lowest BCUT2D eigenvalue weighted by molar-refractivity contribution is 0.0694. The standard InChI is InChI=1S/C16H18N2O2S/c1-10(2)15-12(16(19)20)8-17-14(18-15)9-21-13-7-5-4-6-11(13)3/h4-8,10H,9H2,1-3H3,(H,19,20). The second-order valence-corrected chi connectivity index (χ2v) is 6.12. The van der Waals surface area contributed by atoms with E-state index >= 15 is 0 Å². The van der Waals surface area contributed by atoms with E-state index in [4.69, 9.17) is 5.11 Å². The number of carboxylic acid groups (broad SMARTS) is 1. The van der Waals surface area contributed by atoms with E-state index in [1.54, 1.807) is 11.8 Å². The highest BCUT2D eigenvalue weighted by Gasteiger charge is 2.16. The Morgan fingerprint density at radius 3 is 2.67 bits per heavy atom. The van der Waals surface area contributed by atoms with Gasteiger partial charge in [-0.25, -0.2) is 14.8 Å². The lowest BCUT2D eigenvalue weighted by Gasteiger charge is -2.10. The van der Waals surface area contributed by atoms with Gasteiger partial charge in [0.15, 0.2) is 0 Å². The molecular formula is C16H18N2O2S. The van der Waals surface area contributed by atoms with E-state index in [9.17, 15) is 4.79 Å². The summed E-state index contributed by atoms with van der Waals surface area (Å²) in [6, 6.07) is 8.14. The number of benzene rings is 1. The molecule has 2 rings (SSSR count). The zero-order valence-corrected chi connectivity index (χ0v) is 13.1. The average molecular weight is 302 g/mol. The quantitative estimate of drug-likeness (QED) is 0.849. The van der Waals surface area contributed by atoms with Crippen LogP contribution in [0.1, 0.15) is 47.2 Å². The van der Waals surface area contributed by atoms with E-state index in [1.165, 1.54) is 16.7 Å². The minimum atomic E-state index is -0.975. The lowest BCUT2D eigenvalue weighted by Crippen LogP contribution is -2.10. The number of aromatic nitrogens is 2. The van der Waals surface area contributed by atoms with Crippen LogP contribution in [-0.4, -0.2) is 21.0 Å². The van der Waals surface area contributed by atoms with Crippen LogP contribution in [0.25, 0.3) is 0 Å². The smallest absolute Gasteiger partial charge is 0.339 e. The van der Waals surface area contributed by atoms with Crippen LogP contribution in [0.15, 0.2) is 35.4 Å². The summed E-state index contributed by atoms with van der Waals surface area (Å²) >= 11 is 1.66. The molecule has 1 aromatic heterocycles. The molecule has 0 unspecified atom stereocenters. The fourth-order valence-electron chi connectivity index (χ4n) is 1.97. The third-order valence-corrected chi connectivity index (χ3v) is 4.27. The fourth-order valence-corrected chi connectivity index (χ4v) is 2.86. The highest BCUT2D eigenvalue weighted by molar-refractivity contribution is 7.98. The highest BCUT2D eigenvalue weighted by Crippen LogP contribution is 2.25. The maximum absolute atomic E-state index is 11.2. The third-order valence-electron chi connectivity index (χ3n) is 3.10. The molecule has 0 atom stereocenters. The van der Waals surface area contributed by atoms with Gasteiger partial charge in [0.2, 0.25) is 0 Å². The zero-order valence-electron chi connectivity index (χ0n) is 12.3. The predicted octanol–water partition coefficient (Wildman–Crippen LogP) is 3.90. The van der Waals surface area contributed by atoms with Crippen molar-refractivity contribution in [1.82, 2.24) is 9.97 Å². The molecule has 0 fully saturated rings. The molecule has 0 aliphatic heterocycles. The minimum absolute atomic E-state index is 0.0568. The van der Waals surface area contributed by atoms with Crippen molar-refractivity contribution >= 4 is 17.7 Å². The summed E-state index contributed by atoms with van der Waals surface area (Å²) in [4.78, 5) is 21.0. The van der Waals surface area contributed by atoms with E-state index in [1.807, 2.05) is 26.0 Å². The minimum Gasteiger partial charge on any atom is -0.478 e. The van der Waals surface area contributed by atoms with Crippen molar-refractivity contribution in [3.05, 3.63) is 53.1 Å². The summed E-state index contributed by atoms with van der Waals surface area (Å²) in [5.74, 6) is 0.375. The monoisotopic (exact) mass is 302 g/mol. The highest BCUT2D eigenvalue weighted by atomic mass is 32.2. The van der Waals surface area contributed by atoms with Gasteiger partial charge in [-0.3, -0.25) is 0 Å². The van der Waals surface area contributed by atoms with Crippen LogP contribution in [0.5, 0.6) is 0 Å². The van der Waals surface area contributed by atoms with Gasteiger partial charge in [-0.1, -0.05) is 32.0 Å². The van der Waals surface area contributed by atoms with Crippen molar-refractivity contribution in [3.63, 3.8) is 0 Å². The second kappa shape index (κ2) is 6.72. The molecule has 0 aliphatic carbocycles. The maximum atomic E-state index is 11.2. The number of aromatic carboxylic acids is 1. The number of aryl methyl sites for hydroxylation is 1. The SMILES string of the molecule is Cc1ccccc1SCc1ncc(C(=O)O)c(C(C)C)n1. The van der Waals surface area contributed by atoms with Crippen LogP contribution < -0.4 is 0 Å². The zero-order chi connectivity index (χ0) is 15.4. The largest absolute Gasteiger partial charge is 0.478 e. The summed E-state index contributed by atoms with van der Waals surface area (Å²) in [6.07, 6.45) is 1.42. The number of hydrogen-bond donors (Lipinski definition) is 1. The Bertz CT molecular complexity index is 656. The molecule has 0 spiro atoms. The molecule has 4 nitrogen and oxygen atoms in total. The van der Waals surface area contributed by atoms with E-state index in [0.717, 1.165) is 0 Å². The molecule has 0 saturated heterocycles. The Morgan fingerprint density at radius 1 is 1.33 bits per heavy atom. The fraction of sp³-hybridized carbons (Fsp3) is 0.312. The number of hydrogen-bond acceptors (Lipinski definition) is 4. The van der Waals surface area contributed by atoms with Crippen LogP contribution in [0.2, 0.25) is 0 Å². The van der Waals surface area contributed by atoms with Gasteiger partial charge in [0.05, 0.1) is 17.0 Å². The van der Waals surface area contributed by atoms with E-state index < -0.39 is 5.97 Å². The van der Waals surface area contributed by atoms with Crippen LogP contribution in [0.4, 0.5) is 0 Å². The van der Waals surface area contributed by atoms with E-state index in [0.29, 0.717) is 17.3 Å². The third kappa shape index (κ3) is 3.82. The molecule has 0 saturated carbocycles. The number of thioether (sulfide) groups is 1. The van der Waals surface area contributed by atoms with Crippen molar-refractivity contribution in [3.8, 4) is 0 Å². The number of carbonyl (C=O) groups is 1. The molecule has 0 radical (unpaired) electrons. The molecule has 21 heavy (non-hydrogen) atoms. The molecule has 2 aromatic rings. The molecule has 5 heteroatoms. The van der Waals surface area contributed by atoms with Crippen molar-refractivity contribution in [1.29, 1.82) is 0 Å². The van der Waals surface area contributed by atoms with Crippen LogP contribution in [-0.2, 0) is 5.75 Å². The van der Waals surface area contributed by atoms with Crippen molar-refractivity contribution in [2.24, 2.45) is 0 Å². The first-order valence-electron chi connectivity index (χ1n) is 6.76. The molecule has 1 heterocycles. The van der Waals surface area contributed by atoms with Crippen molar-refractivity contribution in [2.45, 2.75) is 37.3 Å². The van der Waals surface area contributed by atoms with Gasteiger partial charge in [0.1, 0.15) is 5.82 Å². The van der Waals surface area contributed by atoms with Crippen LogP contribution in [0.3, 0.4) is 0 Å². The van der Waals surface area contributed by atoms with Gasteiger partial charge in [-0.15, -0.1) is 11.8 Å². The van der Waals surface area contributed by atoms with Crippen LogP contribution >= 0.6 is 11.8 Å². The normalized spacial score (nSPS) is 10.9. The first-order chi connectivity index (χ1) is 9.99. The molecule has 0 bridgehead atoms. The number of rotatable bonds is 5. The Balaban J connectivity index is 2.20. The molecule has 1 aromatic carbocycles. The van der Waals surface area contributed by atoms with Gasteiger partial charge in [-0.05, 0) is 24.5 Å². The van der Waals surface area contributed by atoms with E-state index in [2.05, 4.69) is 29.0 Å². The molecular weight excluding hydrogens is 284 g/mol. The van der Waals surface area contributed by atoms with Gasteiger partial charge >= 0.3 is 5.97 Å². The molecule has 110 valence electrons. The van der Waals surface area contributed by atoms with Crippen molar-refractivity contribution < 1.29 is 9.90 Å². The molecule has 1 N–H and O–H groups in total. The predicted molar refractivity (Wildman–Crippen MR) is 83.8 cm³/mol. The summed E-state index contributed by atoms with van der Waals surface area (Å²) in [6.45, 7) is 5.94. The Morgan fingerprint density at radius 2 is 2.05 bits per heavy atom.